The maximum absolute atomic E-state index is 15.0. The molecule has 3 unspecified atom stereocenters. The normalized spacial score (nSPS) is 35.6. The van der Waals surface area contributed by atoms with Crippen molar-refractivity contribution in [1.82, 2.24) is 39.0 Å². The Balaban J connectivity index is 1.19. The highest BCUT2D eigenvalue weighted by molar-refractivity contribution is 8.55. The maximum atomic E-state index is 15.0. The summed E-state index contributed by atoms with van der Waals surface area (Å²) in [4.78, 5) is 48.9. The molecule has 2 aliphatic carbocycles. The van der Waals surface area contributed by atoms with E-state index in [1.807, 2.05) is 0 Å². The molecule has 11 atom stereocenters. The molecule has 2 saturated heterocycles. The summed E-state index contributed by atoms with van der Waals surface area (Å²) >= 11 is 0.593. The van der Waals surface area contributed by atoms with Gasteiger partial charge < -0.3 is 35.4 Å². The zero-order valence-electron chi connectivity index (χ0n) is 31.3. The first-order valence-corrected chi connectivity index (χ1v) is 22.4. The molecular formula is C31H42N10O13P2S. The second kappa shape index (κ2) is 14.6. The molecule has 6 heterocycles. The first-order chi connectivity index (χ1) is 27.0. The number of carbonyl (C=O) groups excluding carboxylic acids is 1. The molecule has 4 fully saturated rings. The molecule has 310 valence electrons. The molecule has 2 bridgehead atoms. The lowest BCUT2D eigenvalue weighted by Crippen LogP contribution is -2.38. The van der Waals surface area contributed by atoms with Crippen molar-refractivity contribution in [2.24, 2.45) is 16.7 Å². The van der Waals surface area contributed by atoms with Crippen LogP contribution in [0.4, 0.5) is 11.8 Å². The number of nitrogens with one attached hydrogen (secondary N) is 1. The number of fused-ring (bicyclic) bond motifs is 4. The maximum Gasteiger partial charge on any atom is 0.475 e. The average molecular weight is 857 g/mol. The summed E-state index contributed by atoms with van der Waals surface area (Å²) in [5.41, 5.74) is 9.90. The van der Waals surface area contributed by atoms with E-state index in [0.29, 0.717) is 29.0 Å². The van der Waals surface area contributed by atoms with Crippen LogP contribution in [0.25, 0.3) is 22.3 Å². The van der Waals surface area contributed by atoms with E-state index in [4.69, 9.17) is 48.3 Å². The number of hydrogen-bond donors (Lipinski definition) is 4. The topological polar surface area (TPSA) is 304 Å². The molecule has 4 aliphatic rings. The van der Waals surface area contributed by atoms with Gasteiger partial charge in [-0.2, -0.15) is 4.98 Å². The quantitative estimate of drug-likeness (QED) is 0.112. The van der Waals surface area contributed by atoms with Gasteiger partial charge in [-0.25, -0.2) is 29.1 Å². The largest absolute Gasteiger partial charge is 0.475 e. The van der Waals surface area contributed by atoms with E-state index in [1.165, 1.54) is 30.7 Å². The fourth-order valence-electron chi connectivity index (χ4n) is 7.72. The number of imidazole rings is 2. The molecule has 2 saturated carbocycles. The van der Waals surface area contributed by atoms with Gasteiger partial charge in [0.25, 0.3) is 5.56 Å². The van der Waals surface area contributed by atoms with Gasteiger partial charge in [-0.3, -0.25) is 41.8 Å². The zero-order valence-corrected chi connectivity index (χ0v) is 33.9. The summed E-state index contributed by atoms with van der Waals surface area (Å²) < 4.78 is 80.9. The predicted molar refractivity (Wildman–Crippen MR) is 199 cm³/mol. The number of nitrogens with two attached hydrogens (primary N) is 2. The van der Waals surface area contributed by atoms with Gasteiger partial charge in [0, 0.05) is 23.9 Å². The minimum Gasteiger partial charge on any atom is -0.454 e. The van der Waals surface area contributed by atoms with Crippen LogP contribution in [0.2, 0.25) is 0 Å². The molecule has 57 heavy (non-hydrogen) atoms. The van der Waals surface area contributed by atoms with Crippen LogP contribution in [-0.2, 0) is 50.8 Å². The van der Waals surface area contributed by atoms with Crippen molar-refractivity contribution in [1.29, 1.82) is 0 Å². The van der Waals surface area contributed by atoms with E-state index in [-0.39, 0.29) is 36.1 Å². The van der Waals surface area contributed by atoms with Crippen molar-refractivity contribution in [2.45, 2.75) is 76.9 Å². The van der Waals surface area contributed by atoms with Crippen molar-refractivity contribution >= 4 is 66.1 Å². The number of ether oxygens (including phenoxy) is 3. The number of anilines is 2. The molecule has 8 rings (SSSR count). The number of aromatic nitrogens is 8. The van der Waals surface area contributed by atoms with E-state index in [2.05, 4.69) is 29.9 Å². The molecule has 23 nitrogen and oxygen atoms in total. The highest BCUT2D eigenvalue weighted by Gasteiger charge is 2.74. The number of aliphatic hydroxyl groups excluding tert-OH is 1. The van der Waals surface area contributed by atoms with Gasteiger partial charge in [-0.05, 0) is 40.0 Å². The smallest absolute Gasteiger partial charge is 0.454 e. The van der Waals surface area contributed by atoms with Crippen LogP contribution in [0.5, 0.6) is 0 Å². The summed E-state index contributed by atoms with van der Waals surface area (Å²) in [7, 11) is -3.21. The molecule has 6 N–H and O–H groups in total. The SMILES string of the molecule is CCOP1(=O)OCC23C[C@@H]2[C@@H](n2cnc4c(N)ncnc42)[C@H](O)[C@@H]3OP(=O)(SCOC(=O)C(C)(C)C)OC[C@H]2O[C@@H](n3cnc4c(=O)[nH]c(N)nc43)[C@H](O1)[C@@H]2OC. The van der Waals surface area contributed by atoms with Crippen LogP contribution in [0, 0.1) is 16.7 Å². The second-order valence-electron chi connectivity index (χ2n) is 15.1. The van der Waals surface area contributed by atoms with Crippen molar-refractivity contribution in [3.05, 3.63) is 29.3 Å². The number of rotatable bonds is 8. The van der Waals surface area contributed by atoms with Crippen molar-refractivity contribution in [2.75, 3.05) is 44.3 Å². The fraction of sp³-hybridized carbons (Fsp3) is 0.645. The van der Waals surface area contributed by atoms with Crippen LogP contribution < -0.4 is 17.0 Å². The summed E-state index contributed by atoms with van der Waals surface area (Å²) in [6.45, 7) is 1.20. The highest BCUT2D eigenvalue weighted by atomic mass is 32.7. The predicted octanol–water partition coefficient (Wildman–Crippen LogP) is 2.31. The van der Waals surface area contributed by atoms with Gasteiger partial charge in [0.15, 0.2) is 28.9 Å². The number of phosphoric ester groups is 1. The van der Waals surface area contributed by atoms with Gasteiger partial charge >= 0.3 is 20.6 Å². The number of nitrogen functional groups attached to an aromatic ring is 2. The highest BCUT2D eigenvalue weighted by Crippen LogP contribution is 2.74. The monoisotopic (exact) mass is 856 g/mol. The molecule has 26 heteroatoms. The van der Waals surface area contributed by atoms with Gasteiger partial charge in [-0.1, -0.05) is 0 Å². The Hall–Kier alpha value is -3.54. The van der Waals surface area contributed by atoms with Crippen LogP contribution >= 0.6 is 26.0 Å². The third-order valence-corrected chi connectivity index (χ3v) is 15.3. The standard InChI is InChI=1S/C31H42N10O13P2S/c1-6-49-55(45)51-9-31-7-14(31)18(40-11-36-16-23(32)34-10-35-24(16)40)19(42)22(31)54-56(46,57-13-48-28(44)30(2,3)4)50-8-15-20(47-5)21(53-55)27(52-15)41-12-37-17-25(41)38-29(33)39-26(17)43/h10-12,14-15,18-22,27,42H,6-9,13H2,1-5H3,(H2,32,34,35)(H3,33,38,39,43)/t14-,15-,18-,19+,20-,21-,22+,27-,31?,55?,56?/m1/s1. The Kier molecular flexibility index (Phi) is 10.3. The first kappa shape index (κ1) is 40.2. The minimum absolute atomic E-state index is 0.0114. The number of carbonyl (C=O) groups is 1. The van der Waals surface area contributed by atoms with E-state index in [1.54, 1.807) is 32.3 Å². The number of hydrogen-bond acceptors (Lipinski definition) is 21. The van der Waals surface area contributed by atoms with Gasteiger partial charge in [0.05, 0.1) is 43.9 Å². The lowest BCUT2D eigenvalue weighted by atomic mass is 9.98. The Morgan fingerprint density at radius 1 is 1.11 bits per heavy atom. The Morgan fingerprint density at radius 2 is 1.86 bits per heavy atom. The number of methoxy groups -OCH3 is 1. The first-order valence-electron chi connectivity index (χ1n) is 17.9. The van der Waals surface area contributed by atoms with Crippen LogP contribution in [0.3, 0.4) is 0 Å². The van der Waals surface area contributed by atoms with Crippen molar-refractivity contribution in [3.63, 3.8) is 0 Å². The third-order valence-electron chi connectivity index (χ3n) is 10.5. The van der Waals surface area contributed by atoms with Gasteiger partial charge in [0.2, 0.25) is 5.95 Å². The third kappa shape index (κ3) is 7.07. The van der Waals surface area contributed by atoms with E-state index in [0.717, 1.165) is 0 Å². The second-order valence-corrected chi connectivity index (χ2v) is 20.6. The van der Waals surface area contributed by atoms with Crippen molar-refractivity contribution < 1.29 is 55.9 Å². The van der Waals surface area contributed by atoms with Gasteiger partial charge in [-0.15, -0.1) is 0 Å². The lowest BCUT2D eigenvalue weighted by Gasteiger charge is -2.32. The van der Waals surface area contributed by atoms with E-state index < -0.39 is 98.2 Å². The molecule has 0 aromatic carbocycles. The van der Waals surface area contributed by atoms with Crippen LogP contribution in [-0.4, -0.2) is 114 Å². The number of aliphatic hydroxyl groups is 1. The van der Waals surface area contributed by atoms with Crippen LogP contribution in [0.15, 0.2) is 23.8 Å². The number of aromatic amines is 1. The fourth-order valence-corrected chi connectivity index (χ4v) is 12.0. The number of nitrogens with zero attached hydrogens (tertiary/aromatic N) is 7. The number of H-pyrrole nitrogens is 1. The summed E-state index contributed by atoms with van der Waals surface area (Å²) in [6, 6.07) is -0.769. The molecule has 0 radical (unpaired) electrons. The summed E-state index contributed by atoms with van der Waals surface area (Å²) in [5, 5.41) is 12.1. The Labute approximate surface area is 327 Å². The molecular weight excluding hydrogens is 814 g/mol. The van der Waals surface area contributed by atoms with E-state index >= 15 is 0 Å². The molecule has 4 aromatic heterocycles. The van der Waals surface area contributed by atoms with Crippen LogP contribution in [0.1, 0.15) is 46.4 Å². The zero-order chi connectivity index (χ0) is 40.7. The average Bonchev–Trinajstić information content (AvgIpc) is 3.44. The molecule has 0 amide bonds. The summed E-state index contributed by atoms with van der Waals surface area (Å²) in [5.74, 6) is -1.51. The number of esters is 1. The number of phosphoric acid groups is 1. The molecule has 2 aliphatic heterocycles. The van der Waals surface area contributed by atoms with E-state index in [9.17, 15) is 23.8 Å². The molecule has 4 aromatic rings. The summed E-state index contributed by atoms with van der Waals surface area (Å²) in [6.07, 6.45) is -3.12. The molecule has 1 spiro atoms. The van der Waals surface area contributed by atoms with Gasteiger partial charge in [0.1, 0.15) is 48.3 Å². The Morgan fingerprint density at radius 3 is 2.60 bits per heavy atom. The van der Waals surface area contributed by atoms with Crippen molar-refractivity contribution in [3.8, 4) is 0 Å². The lowest BCUT2D eigenvalue weighted by molar-refractivity contribution is -0.150. The Bertz CT molecular complexity index is 2360. The minimum atomic E-state index is -4.55.